The average Bonchev–Trinajstić information content (AvgIpc) is 1.65. The van der Waals surface area contributed by atoms with Gasteiger partial charge >= 0.3 is 49.0 Å². The van der Waals surface area contributed by atoms with Crippen LogP contribution >= 0.6 is 34.8 Å². The molecule has 33 heteroatoms. The minimum Gasteiger partial charge on any atom is -0.870 e. The van der Waals surface area contributed by atoms with Gasteiger partial charge in [-0.05, 0) is 205 Å². The first-order valence-electron chi connectivity index (χ1n) is 41.2. The van der Waals surface area contributed by atoms with E-state index in [-0.39, 0.29) is 99.5 Å². The second-order valence-electron chi connectivity index (χ2n) is 31.2. The number of ether oxygens (including phenoxy) is 7. The molecule has 0 bridgehead atoms. The summed E-state index contributed by atoms with van der Waals surface area (Å²) in [5.41, 5.74) is 14.2. The third-order valence-corrected chi connectivity index (χ3v) is 22.3. The summed E-state index contributed by atoms with van der Waals surface area (Å²) in [4.78, 5) is 113. The van der Waals surface area contributed by atoms with Crippen LogP contribution in [0.15, 0.2) is 176 Å². The largest absolute Gasteiger partial charge is 1.00 e. The Hall–Kier alpha value is -10.2. The van der Waals surface area contributed by atoms with Gasteiger partial charge in [-0.2, -0.15) is 13.2 Å². The van der Waals surface area contributed by atoms with Crippen molar-refractivity contribution in [3.63, 3.8) is 0 Å². The molecule has 0 aromatic heterocycles. The molecule has 3 saturated heterocycles. The predicted molar refractivity (Wildman–Crippen MR) is 465 cm³/mol. The number of fused-ring (bicyclic) bond motifs is 5. The van der Waals surface area contributed by atoms with Crippen molar-refractivity contribution in [2.24, 2.45) is 0 Å². The molecule has 7 atom stereocenters. The fourth-order valence-electron chi connectivity index (χ4n) is 15.3. The third-order valence-electron chi connectivity index (χ3n) is 21.6. The molecule has 3 fully saturated rings. The van der Waals surface area contributed by atoms with E-state index in [0.29, 0.717) is 93.1 Å². The molecule has 8 N–H and O–H groups in total. The van der Waals surface area contributed by atoms with Crippen LogP contribution in [0.5, 0.6) is 0 Å². The first kappa shape index (κ1) is 102. The maximum atomic E-state index is 13.3. The molecule has 7 amide bonds. The predicted octanol–water partition coefficient (Wildman–Crippen LogP) is 12.3. The molecule has 127 heavy (non-hydrogen) atoms. The number of nitrogens with one attached hydrogen (secondary N) is 6. The Labute approximate surface area is 764 Å². The number of esters is 1. The second kappa shape index (κ2) is 48.8. The van der Waals surface area contributed by atoms with Gasteiger partial charge in [0.05, 0.1) is 52.3 Å². The fourth-order valence-corrected chi connectivity index (χ4v) is 15.9. The van der Waals surface area contributed by atoms with Crippen molar-refractivity contribution in [1.82, 2.24) is 41.7 Å². The number of carboxylic acids is 1. The van der Waals surface area contributed by atoms with Crippen molar-refractivity contribution in [2.75, 3.05) is 26.2 Å². The summed E-state index contributed by atoms with van der Waals surface area (Å²) in [6.45, 7) is 15.4. The van der Waals surface area contributed by atoms with E-state index in [9.17, 15) is 56.3 Å². The standard InChI is InChI=1S/C27H32ClN3O5.C24H23ClF3N3O4.C14H19ClN2O.C11H12O3.C9H8O3.C8H8O.CH4.Li.H2O/c1-27(2,3)36-26(34)30-14-17-10-11-20(28)13-19(17)15-29-24(32)22-9-6-12-31(22)25(33)23-21-8-5-4-7-18(21)16-35-23;25-17-8-7-14(11-30-23(34)24(26,27)28)16(10-17)12-29-21(32)19-6-3-9-31(19)22(33)20-18-5-2-1-4-15(18)13-35-20;1-2-10-5-6-12(15)8-11(10)9-17-14(18)13-4-3-7-16-13;1-2-13-11(12)10-9-6-4-3-5-8(9)7-14-10;10-9(11)8-7-4-2-1-3-6(7)5-12-8;1-2-4-8-6-9-5-7(8)3-1;;;/h4-5,7-8,10-11,13,22-23H,6,9,12,14-16H2,1-3H3,(H,29,32)(H,30,34);1-2,4-5,7-8,10,19-20H,3,6,9,11-13H2,(H,29,32)(H,30,34);5-6,8,13,16H,2-4,7,9H2,1H3,(H,17,18);3-6,10H,2,7H2,1H3;1-4,8H,5H2,(H,10,11);1-4H,5-6H2;1H4;;1H2/q;;;;;;;+1;/p-1/t22-,23?;19-,20?;;;;;;;/m00......./s1. The minimum atomic E-state index is -5.00. The molecule has 8 aromatic rings. The van der Waals surface area contributed by atoms with Crippen LogP contribution in [-0.2, 0) is 150 Å². The molecule has 0 saturated carbocycles. The van der Waals surface area contributed by atoms with E-state index in [1.165, 1.54) is 39.8 Å². The Morgan fingerprint density at radius 3 is 1.24 bits per heavy atom. The number of carbonyl (C=O) groups excluding carboxylic acids is 8. The van der Waals surface area contributed by atoms with Crippen LogP contribution in [0.3, 0.4) is 0 Å². The molecule has 26 nitrogen and oxygen atoms in total. The number of hydrogen-bond acceptors (Lipinski definition) is 18. The summed E-state index contributed by atoms with van der Waals surface area (Å²) in [6, 6.07) is 52.9. The monoisotopic (exact) mass is 1800 g/mol. The van der Waals surface area contributed by atoms with Gasteiger partial charge < -0.3 is 85.4 Å². The quantitative estimate of drug-likeness (QED) is 0.0292. The van der Waals surface area contributed by atoms with Crippen molar-refractivity contribution in [3.05, 3.63) is 280 Å². The molecule has 16 rings (SSSR count). The Bertz CT molecular complexity index is 5100. The summed E-state index contributed by atoms with van der Waals surface area (Å²) in [7, 11) is 0. The molecule has 8 aliphatic heterocycles. The van der Waals surface area contributed by atoms with Crippen LogP contribution in [0.25, 0.3) is 0 Å². The molecule has 674 valence electrons. The van der Waals surface area contributed by atoms with Crippen LogP contribution in [0, 0.1) is 0 Å². The number of rotatable bonds is 19. The molecular formula is C94H107Cl3F3LiN8O18. The van der Waals surface area contributed by atoms with E-state index in [1.807, 2.05) is 133 Å². The van der Waals surface area contributed by atoms with E-state index in [0.717, 1.165) is 112 Å². The molecule has 8 heterocycles. The number of nitrogens with zero attached hydrogens (tertiary/aromatic N) is 2. The number of alkyl carbamates (subject to hydrolysis) is 1. The number of halogens is 6. The maximum Gasteiger partial charge on any atom is 1.00 e. The van der Waals surface area contributed by atoms with Crippen molar-refractivity contribution >= 4 is 88.3 Å². The number of likely N-dealkylation sites (tertiary alicyclic amines) is 2. The molecular weight excluding hydrogens is 1700 g/mol. The van der Waals surface area contributed by atoms with Gasteiger partial charge in [0, 0.05) is 60.9 Å². The van der Waals surface area contributed by atoms with E-state index >= 15 is 0 Å². The summed E-state index contributed by atoms with van der Waals surface area (Å²) in [6.07, 6.45) is -2.79. The topological polar surface area (TPSA) is 347 Å². The van der Waals surface area contributed by atoms with Gasteiger partial charge in [0.1, 0.15) is 17.7 Å². The zero-order valence-electron chi connectivity index (χ0n) is 70.9. The van der Waals surface area contributed by atoms with Crippen molar-refractivity contribution in [1.29, 1.82) is 0 Å². The summed E-state index contributed by atoms with van der Waals surface area (Å²) < 4.78 is 74.9. The third kappa shape index (κ3) is 28.4. The van der Waals surface area contributed by atoms with Gasteiger partial charge in [-0.3, -0.25) is 28.8 Å². The number of aliphatic carboxylic acids is 1. The number of carboxylic acid groups (broad SMARTS) is 1. The minimum absolute atomic E-state index is 0. The van der Waals surface area contributed by atoms with Crippen molar-refractivity contribution in [3.8, 4) is 0 Å². The first-order valence-corrected chi connectivity index (χ1v) is 42.3. The van der Waals surface area contributed by atoms with Crippen LogP contribution in [-0.4, -0.2) is 130 Å². The number of alkyl halides is 3. The van der Waals surface area contributed by atoms with E-state index in [4.69, 9.17) is 73.1 Å². The normalized spacial score (nSPS) is 18.6. The summed E-state index contributed by atoms with van der Waals surface area (Å²) in [5.74, 6) is -4.23. The van der Waals surface area contributed by atoms with E-state index < -0.39 is 66.2 Å². The zero-order chi connectivity index (χ0) is 88.6. The Kier molecular flexibility index (Phi) is 39.3. The Morgan fingerprint density at radius 2 is 0.835 bits per heavy atom. The fraction of sp³-hybridized carbons (Fsp3) is 0.394. The van der Waals surface area contributed by atoms with Crippen LogP contribution < -0.4 is 50.8 Å². The van der Waals surface area contributed by atoms with Crippen molar-refractivity contribution in [2.45, 2.75) is 214 Å². The second-order valence-corrected chi connectivity index (χ2v) is 32.5. The summed E-state index contributed by atoms with van der Waals surface area (Å²) >= 11 is 18.2. The van der Waals surface area contributed by atoms with E-state index in [1.54, 1.807) is 50.8 Å². The van der Waals surface area contributed by atoms with Gasteiger partial charge in [0.15, 0.2) is 24.4 Å². The first-order chi connectivity index (χ1) is 59.5. The van der Waals surface area contributed by atoms with Crippen LogP contribution in [0.1, 0.15) is 194 Å². The molecule has 0 radical (unpaired) electrons. The molecule has 0 spiro atoms. The van der Waals surface area contributed by atoms with E-state index in [2.05, 4.69) is 45.6 Å². The van der Waals surface area contributed by atoms with Gasteiger partial charge in [0.25, 0.3) is 11.8 Å². The van der Waals surface area contributed by atoms with Gasteiger partial charge in [-0.25, -0.2) is 14.4 Å². The number of amides is 7. The number of benzene rings is 8. The Morgan fingerprint density at radius 1 is 0.465 bits per heavy atom. The van der Waals surface area contributed by atoms with Crippen LogP contribution in [0.2, 0.25) is 15.1 Å². The molecule has 0 aliphatic carbocycles. The number of carbonyl (C=O) groups is 9. The average molecular weight is 1810 g/mol. The number of aryl methyl sites for hydroxylation is 1. The van der Waals surface area contributed by atoms with Gasteiger partial charge in [0.2, 0.25) is 17.7 Å². The van der Waals surface area contributed by atoms with Crippen molar-refractivity contribution < 1.29 is 119 Å². The SMILES string of the molecule is C.CC(C)(C)OC(=O)NCc1ccc(Cl)cc1CNC(=O)[C@@H]1CCCN1C(=O)C1OCc2ccccc21.CCOC(=O)C1OCc2ccccc21.CCc1ccc(Cl)cc1CNC(=O)C1CCCN1.O=C(NCc1cc(Cl)ccc1CNC(=O)C(F)(F)F)[C@@H]1CCCN1C(=O)C1OCc2ccccc21.O=C(O)C1OCc2ccccc21.[Li+].[OH-].c1ccc2c(c1)COC2. The van der Waals surface area contributed by atoms with Gasteiger partial charge in [-0.15, -0.1) is 0 Å². The molecule has 5 unspecified atom stereocenters. The smallest absolute Gasteiger partial charge is 0.870 e. The zero-order valence-corrected chi connectivity index (χ0v) is 73.2. The molecule has 8 aromatic carbocycles. The maximum absolute atomic E-state index is 13.3. The molecule has 8 aliphatic rings. The Balaban J connectivity index is 0.000000200. The van der Waals surface area contributed by atoms with Crippen LogP contribution in [0.4, 0.5) is 18.0 Å². The van der Waals surface area contributed by atoms with Gasteiger partial charge in [-0.1, -0.05) is 189 Å². The summed E-state index contributed by atoms with van der Waals surface area (Å²) in [5, 5.41) is 26.7. The number of hydrogen-bond donors (Lipinski definition) is 7.